The Morgan fingerprint density at radius 3 is 2.62 bits per heavy atom. The normalized spacial score (nSPS) is 10.6. The van der Waals surface area contributed by atoms with Crippen molar-refractivity contribution in [3.05, 3.63) is 65.6 Å². The highest BCUT2D eigenvalue weighted by Gasteiger charge is 2.13. The van der Waals surface area contributed by atoms with Crippen LogP contribution in [0.15, 0.2) is 47.0 Å². The molecule has 0 unspecified atom stereocenters. The van der Waals surface area contributed by atoms with Crippen molar-refractivity contribution in [2.45, 2.75) is 13.0 Å². The van der Waals surface area contributed by atoms with Crippen molar-refractivity contribution in [1.29, 1.82) is 0 Å². The number of nitrogens with zero attached hydrogens (tertiary/aromatic N) is 2. The number of esters is 1. The maximum absolute atomic E-state index is 13.6. The number of hydrogen-bond acceptors (Lipinski definition) is 6. The van der Waals surface area contributed by atoms with Crippen molar-refractivity contribution in [3.8, 4) is 17.1 Å². The van der Waals surface area contributed by atoms with Crippen LogP contribution in [0.3, 0.4) is 0 Å². The number of halogens is 2. The number of ether oxygens (including phenoxy) is 2. The molecule has 0 aliphatic rings. The second-order valence-electron chi connectivity index (χ2n) is 5.32. The van der Waals surface area contributed by atoms with Gasteiger partial charge in [0.25, 0.3) is 5.89 Å². The van der Waals surface area contributed by atoms with Gasteiger partial charge in [0.15, 0.2) is 18.2 Å². The summed E-state index contributed by atoms with van der Waals surface area (Å²) < 4.78 is 41.4. The van der Waals surface area contributed by atoms with E-state index in [1.54, 1.807) is 6.07 Å². The lowest BCUT2D eigenvalue weighted by Crippen LogP contribution is -2.08. The summed E-state index contributed by atoms with van der Waals surface area (Å²) in [4.78, 5) is 15.9. The average Bonchev–Trinajstić information content (AvgIpc) is 3.10. The Morgan fingerprint density at radius 1 is 1.15 bits per heavy atom. The molecule has 0 fully saturated rings. The van der Waals surface area contributed by atoms with E-state index in [0.717, 1.165) is 0 Å². The molecule has 0 aliphatic heterocycles. The molecule has 0 N–H and O–H groups in total. The van der Waals surface area contributed by atoms with Gasteiger partial charge in [-0.25, -0.2) is 8.78 Å². The molecule has 3 aromatic rings. The first-order valence-electron chi connectivity index (χ1n) is 7.61. The number of methoxy groups -OCH3 is 1. The Labute approximate surface area is 147 Å². The average molecular weight is 360 g/mol. The molecule has 0 aliphatic carbocycles. The zero-order chi connectivity index (χ0) is 18.5. The molecular formula is C18H14F2N2O4. The minimum Gasteiger partial charge on any atom is -0.494 e. The number of aromatic nitrogens is 2. The fraction of sp³-hybridized carbons (Fsp3) is 0.167. The quantitative estimate of drug-likeness (QED) is 0.628. The van der Waals surface area contributed by atoms with Gasteiger partial charge < -0.3 is 14.0 Å². The van der Waals surface area contributed by atoms with E-state index in [1.165, 1.54) is 43.5 Å². The molecule has 2 aromatic carbocycles. The molecular weight excluding hydrogens is 346 g/mol. The van der Waals surface area contributed by atoms with E-state index in [-0.39, 0.29) is 36.3 Å². The van der Waals surface area contributed by atoms with Gasteiger partial charge in [-0.3, -0.25) is 4.79 Å². The molecule has 0 amide bonds. The summed E-state index contributed by atoms with van der Waals surface area (Å²) in [5.41, 5.74) is 1.02. The lowest BCUT2D eigenvalue weighted by atomic mass is 10.1. The first-order valence-corrected chi connectivity index (χ1v) is 7.61. The molecule has 6 nitrogen and oxygen atoms in total. The molecule has 0 saturated heterocycles. The monoisotopic (exact) mass is 360 g/mol. The van der Waals surface area contributed by atoms with Crippen LogP contribution in [0, 0.1) is 11.6 Å². The van der Waals surface area contributed by atoms with E-state index in [1.807, 2.05) is 0 Å². The van der Waals surface area contributed by atoms with Gasteiger partial charge in [-0.15, -0.1) is 0 Å². The van der Waals surface area contributed by atoms with E-state index in [2.05, 4.69) is 10.1 Å². The second kappa shape index (κ2) is 7.73. The zero-order valence-electron chi connectivity index (χ0n) is 13.7. The van der Waals surface area contributed by atoms with Crippen LogP contribution in [-0.2, 0) is 22.6 Å². The zero-order valence-corrected chi connectivity index (χ0v) is 13.7. The SMILES string of the molecule is COc1ccc(CC(=O)OCc2nc(-c3ccc(F)cc3)no2)cc1F. The van der Waals surface area contributed by atoms with Crippen molar-refractivity contribution in [1.82, 2.24) is 10.1 Å². The third-order valence-corrected chi connectivity index (χ3v) is 3.49. The largest absolute Gasteiger partial charge is 0.494 e. The van der Waals surface area contributed by atoms with E-state index in [0.29, 0.717) is 11.1 Å². The summed E-state index contributed by atoms with van der Waals surface area (Å²) >= 11 is 0. The molecule has 26 heavy (non-hydrogen) atoms. The van der Waals surface area contributed by atoms with Crippen LogP contribution in [0.1, 0.15) is 11.5 Å². The topological polar surface area (TPSA) is 74.5 Å². The molecule has 8 heteroatoms. The fourth-order valence-electron chi connectivity index (χ4n) is 2.21. The van der Waals surface area contributed by atoms with Gasteiger partial charge in [-0.2, -0.15) is 4.98 Å². The van der Waals surface area contributed by atoms with Crippen LogP contribution < -0.4 is 4.74 Å². The molecule has 0 spiro atoms. The van der Waals surface area contributed by atoms with Gasteiger partial charge in [-0.1, -0.05) is 11.2 Å². The number of carbonyl (C=O) groups excluding carboxylic acids is 1. The predicted octanol–water partition coefficient (Wildman–Crippen LogP) is 3.31. The smallest absolute Gasteiger partial charge is 0.310 e. The summed E-state index contributed by atoms with van der Waals surface area (Å²) in [6.45, 7) is -0.217. The van der Waals surface area contributed by atoms with Gasteiger partial charge in [0.05, 0.1) is 13.5 Å². The molecule has 0 atom stereocenters. The Hall–Kier alpha value is -3.29. The maximum atomic E-state index is 13.6. The van der Waals surface area contributed by atoms with Crippen molar-refractivity contribution in [3.63, 3.8) is 0 Å². The van der Waals surface area contributed by atoms with Crippen LogP contribution in [0.25, 0.3) is 11.4 Å². The summed E-state index contributed by atoms with van der Waals surface area (Å²) in [6.07, 6.45) is -0.111. The van der Waals surface area contributed by atoms with Gasteiger partial charge in [0.1, 0.15) is 5.82 Å². The first kappa shape index (κ1) is 17.5. The highest BCUT2D eigenvalue weighted by Crippen LogP contribution is 2.19. The van der Waals surface area contributed by atoms with Gasteiger partial charge >= 0.3 is 5.97 Å². The van der Waals surface area contributed by atoms with Crippen LogP contribution in [0.2, 0.25) is 0 Å². The van der Waals surface area contributed by atoms with Crippen molar-refractivity contribution < 1.29 is 27.6 Å². The summed E-state index contributed by atoms with van der Waals surface area (Å²) in [5.74, 6) is -1.05. The minimum atomic E-state index is -0.573. The summed E-state index contributed by atoms with van der Waals surface area (Å²) in [7, 11) is 1.36. The number of hydrogen-bond donors (Lipinski definition) is 0. The molecule has 3 rings (SSSR count). The Bertz CT molecular complexity index is 910. The van der Waals surface area contributed by atoms with Gasteiger partial charge in [0.2, 0.25) is 5.82 Å². The molecule has 0 bridgehead atoms. The molecule has 0 saturated carbocycles. The van der Waals surface area contributed by atoms with E-state index in [9.17, 15) is 13.6 Å². The maximum Gasteiger partial charge on any atom is 0.310 e. The Kier molecular flexibility index (Phi) is 5.21. The minimum absolute atomic E-state index is 0.0959. The molecule has 0 radical (unpaired) electrons. The number of benzene rings is 2. The first-order chi connectivity index (χ1) is 12.5. The van der Waals surface area contributed by atoms with Crippen LogP contribution in [-0.4, -0.2) is 23.2 Å². The third kappa shape index (κ3) is 4.21. The van der Waals surface area contributed by atoms with E-state index < -0.39 is 11.8 Å². The van der Waals surface area contributed by atoms with Crippen molar-refractivity contribution >= 4 is 5.97 Å². The van der Waals surface area contributed by atoms with Gasteiger partial charge in [0, 0.05) is 5.56 Å². The Morgan fingerprint density at radius 2 is 1.92 bits per heavy atom. The second-order valence-corrected chi connectivity index (χ2v) is 5.32. The van der Waals surface area contributed by atoms with Crippen molar-refractivity contribution in [2.75, 3.05) is 7.11 Å². The van der Waals surface area contributed by atoms with Crippen LogP contribution in [0.4, 0.5) is 8.78 Å². The highest BCUT2D eigenvalue weighted by atomic mass is 19.1. The van der Waals surface area contributed by atoms with E-state index in [4.69, 9.17) is 14.0 Å². The Balaban J connectivity index is 1.56. The molecule has 134 valence electrons. The highest BCUT2D eigenvalue weighted by molar-refractivity contribution is 5.72. The summed E-state index contributed by atoms with van der Waals surface area (Å²) in [5, 5.41) is 3.75. The van der Waals surface area contributed by atoms with E-state index >= 15 is 0 Å². The molecule has 1 heterocycles. The number of carbonyl (C=O) groups is 1. The predicted molar refractivity (Wildman–Crippen MR) is 86.1 cm³/mol. The fourth-order valence-corrected chi connectivity index (χ4v) is 2.21. The van der Waals surface area contributed by atoms with Crippen molar-refractivity contribution in [2.24, 2.45) is 0 Å². The molecule has 1 aromatic heterocycles. The standard InChI is InChI=1S/C18H14F2N2O4/c1-24-15-7-2-11(8-14(15)20)9-17(23)25-10-16-21-18(22-26-16)12-3-5-13(19)6-4-12/h2-8H,9-10H2,1H3. The number of rotatable bonds is 6. The summed E-state index contributed by atoms with van der Waals surface area (Å²) in [6, 6.07) is 9.79. The third-order valence-electron chi connectivity index (χ3n) is 3.49. The van der Waals surface area contributed by atoms with Crippen LogP contribution in [0.5, 0.6) is 5.75 Å². The van der Waals surface area contributed by atoms with Gasteiger partial charge in [-0.05, 0) is 42.0 Å². The lowest BCUT2D eigenvalue weighted by molar-refractivity contribution is -0.144. The lowest BCUT2D eigenvalue weighted by Gasteiger charge is -2.05. The van der Waals surface area contributed by atoms with Crippen LogP contribution >= 0.6 is 0 Å².